The molecule has 0 unspecified atom stereocenters. The van der Waals surface area contributed by atoms with Crippen molar-refractivity contribution in [2.24, 2.45) is 0 Å². The highest BCUT2D eigenvalue weighted by molar-refractivity contribution is 6.02. The van der Waals surface area contributed by atoms with Crippen LogP contribution < -0.4 is 24.3 Å². The molecular formula is C21H25NO7. The number of carbonyl (C=O) groups is 2. The summed E-state index contributed by atoms with van der Waals surface area (Å²) in [5.74, 6) is 1.16. The Morgan fingerprint density at radius 2 is 1.38 bits per heavy atom. The first kappa shape index (κ1) is 21.9. The Kier molecular flexibility index (Phi) is 7.70. The summed E-state index contributed by atoms with van der Waals surface area (Å²) in [6, 6.07) is 8.43. The lowest BCUT2D eigenvalue weighted by Crippen LogP contribution is -2.16. The van der Waals surface area contributed by atoms with E-state index in [0.29, 0.717) is 29.4 Å². The topological polar surface area (TPSA) is 92.3 Å². The number of aryl methyl sites for hydroxylation is 1. The molecule has 8 heteroatoms. The summed E-state index contributed by atoms with van der Waals surface area (Å²) in [5.41, 5.74) is 1.33. The van der Waals surface area contributed by atoms with E-state index in [1.165, 1.54) is 33.5 Å². The van der Waals surface area contributed by atoms with E-state index in [1.54, 1.807) is 20.3 Å². The third-order valence-corrected chi connectivity index (χ3v) is 4.26. The molecule has 0 radical (unpaired) electrons. The molecule has 0 aliphatic rings. The van der Waals surface area contributed by atoms with Crippen molar-refractivity contribution in [2.75, 3.05) is 40.9 Å². The van der Waals surface area contributed by atoms with Gasteiger partial charge in [-0.3, -0.25) is 4.79 Å². The lowest BCUT2D eigenvalue weighted by atomic mass is 10.1. The summed E-state index contributed by atoms with van der Waals surface area (Å²) in [6.45, 7) is 0. The van der Waals surface area contributed by atoms with Crippen LogP contribution in [0.1, 0.15) is 22.3 Å². The van der Waals surface area contributed by atoms with E-state index in [4.69, 9.17) is 23.7 Å². The van der Waals surface area contributed by atoms with Gasteiger partial charge in [0.05, 0.1) is 46.8 Å². The van der Waals surface area contributed by atoms with Gasteiger partial charge in [-0.2, -0.15) is 0 Å². The maximum atomic E-state index is 12.5. The smallest absolute Gasteiger partial charge is 0.340 e. The summed E-state index contributed by atoms with van der Waals surface area (Å²) in [4.78, 5) is 24.6. The lowest BCUT2D eigenvalue weighted by molar-refractivity contribution is -0.116. The van der Waals surface area contributed by atoms with E-state index < -0.39 is 5.97 Å². The van der Waals surface area contributed by atoms with Crippen LogP contribution in [0.3, 0.4) is 0 Å². The molecule has 8 nitrogen and oxygen atoms in total. The Morgan fingerprint density at radius 1 is 0.793 bits per heavy atom. The van der Waals surface area contributed by atoms with Crippen LogP contribution in [-0.4, -0.2) is 47.4 Å². The Hall–Kier alpha value is -3.42. The second kappa shape index (κ2) is 10.2. The molecule has 0 aromatic heterocycles. The minimum Gasteiger partial charge on any atom is -0.497 e. The average molecular weight is 403 g/mol. The van der Waals surface area contributed by atoms with Gasteiger partial charge in [0, 0.05) is 24.6 Å². The van der Waals surface area contributed by atoms with E-state index in [2.05, 4.69) is 5.32 Å². The number of rotatable bonds is 9. The van der Waals surface area contributed by atoms with Crippen molar-refractivity contribution < 1.29 is 33.3 Å². The number of anilines is 1. The molecule has 156 valence electrons. The lowest BCUT2D eigenvalue weighted by Gasteiger charge is -2.15. The van der Waals surface area contributed by atoms with Crippen LogP contribution in [0.2, 0.25) is 0 Å². The zero-order chi connectivity index (χ0) is 21.4. The third kappa shape index (κ3) is 5.54. The third-order valence-electron chi connectivity index (χ3n) is 4.26. The normalized spacial score (nSPS) is 10.1. The summed E-state index contributed by atoms with van der Waals surface area (Å²) in [6.07, 6.45) is 0.644. The molecule has 2 rings (SSSR count). The Bertz CT molecular complexity index is 857. The van der Waals surface area contributed by atoms with E-state index in [9.17, 15) is 9.59 Å². The van der Waals surface area contributed by atoms with Crippen molar-refractivity contribution in [3.8, 4) is 23.0 Å². The molecule has 1 amide bonds. The van der Waals surface area contributed by atoms with Crippen LogP contribution in [-0.2, 0) is 16.0 Å². The van der Waals surface area contributed by atoms with Gasteiger partial charge in [-0.25, -0.2) is 4.79 Å². The van der Waals surface area contributed by atoms with Crippen LogP contribution in [0.15, 0.2) is 30.3 Å². The van der Waals surface area contributed by atoms with Crippen LogP contribution in [0, 0.1) is 0 Å². The maximum absolute atomic E-state index is 12.5. The number of amides is 1. The highest BCUT2D eigenvalue weighted by Gasteiger charge is 2.19. The fraction of sp³-hybridized carbons (Fsp3) is 0.333. The molecule has 2 aromatic carbocycles. The molecule has 0 bridgehead atoms. The Morgan fingerprint density at radius 3 is 1.90 bits per heavy atom. The van der Waals surface area contributed by atoms with Gasteiger partial charge in [0.15, 0.2) is 11.5 Å². The minimum absolute atomic E-state index is 0.168. The second-order valence-electron chi connectivity index (χ2n) is 6.01. The number of hydrogen-bond donors (Lipinski definition) is 1. The summed E-state index contributed by atoms with van der Waals surface area (Å²) in [7, 11) is 7.32. The zero-order valence-electron chi connectivity index (χ0n) is 17.2. The van der Waals surface area contributed by atoms with Crippen molar-refractivity contribution in [3.63, 3.8) is 0 Å². The van der Waals surface area contributed by atoms with Gasteiger partial charge in [-0.1, -0.05) is 0 Å². The maximum Gasteiger partial charge on any atom is 0.340 e. The molecule has 0 fully saturated rings. The SMILES string of the molecule is COC(=O)c1cc(OC)c(OC)cc1NC(=O)CCc1cc(OC)cc(OC)c1. The largest absolute Gasteiger partial charge is 0.497 e. The fourth-order valence-electron chi connectivity index (χ4n) is 2.74. The molecule has 0 aliphatic heterocycles. The highest BCUT2D eigenvalue weighted by Crippen LogP contribution is 2.34. The van der Waals surface area contributed by atoms with Crippen LogP contribution >= 0.6 is 0 Å². The quantitative estimate of drug-likeness (QED) is 0.643. The minimum atomic E-state index is -0.598. The predicted octanol–water partition coefficient (Wildman–Crippen LogP) is 3.08. The predicted molar refractivity (Wildman–Crippen MR) is 107 cm³/mol. The number of ether oxygens (including phenoxy) is 5. The van der Waals surface area contributed by atoms with Gasteiger partial charge in [-0.15, -0.1) is 0 Å². The molecule has 0 atom stereocenters. The molecule has 29 heavy (non-hydrogen) atoms. The van der Waals surface area contributed by atoms with E-state index in [0.717, 1.165) is 5.56 Å². The fourth-order valence-corrected chi connectivity index (χ4v) is 2.74. The van der Waals surface area contributed by atoms with E-state index in [1.807, 2.05) is 12.1 Å². The first-order chi connectivity index (χ1) is 13.9. The molecule has 0 aliphatic carbocycles. The molecule has 0 heterocycles. The average Bonchev–Trinajstić information content (AvgIpc) is 2.76. The zero-order valence-corrected chi connectivity index (χ0v) is 17.2. The van der Waals surface area contributed by atoms with Gasteiger partial charge >= 0.3 is 5.97 Å². The van der Waals surface area contributed by atoms with Crippen molar-refractivity contribution >= 4 is 17.6 Å². The number of benzene rings is 2. The van der Waals surface area contributed by atoms with Gasteiger partial charge < -0.3 is 29.0 Å². The highest BCUT2D eigenvalue weighted by atomic mass is 16.5. The number of carbonyl (C=O) groups excluding carboxylic acids is 2. The monoisotopic (exact) mass is 403 g/mol. The molecule has 0 saturated carbocycles. The standard InChI is InChI=1S/C21H25NO7/c1-25-14-8-13(9-15(10-14)26-2)6-7-20(23)22-17-12-19(28-4)18(27-3)11-16(17)21(24)29-5/h8-12H,6-7H2,1-5H3,(H,22,23). The number of hydrogen-bond acceptors (Lipinski definition) is 7. The van der Waals surface area contributed by atoms with Crippen molar-refractivity contribution in [1.82, 2.24) is 0 Å². The van der Waals surface area contributed by atoms with Crippen molar-refractivity contribution in [2.45, 2.75) is 12.8 Å². The van der Waals surface area contributed by atoms with Gasteiger partial charge in [0.2, 0.25) is 5.91 Å². The second-order valence-corrected chi connectivity index (χ2v) is 6.01. The molecular weight excluding hydrogens is 378 g/mol. The molecule has 0 saturated heterocycles. The summed E-state index contributed by atoms with van der Waals surface area (Å²) < 4.78 is 25.7. The van der Waals surface area contributed by atoms with Gasteiger partial charge in [0.1, 0.15) is 11.5 Å². The van der Waals surface area contributed by atoms with Crippen molar-refractivity contribution in [3.05, 3.63) is 41.5 Å². The van der Waals surface area contributed by atoms with Crippen LogP contribution in [0.4, 0.5) is 5.69 Å². The molecule has 0 spiro atoms. The number of methoxy groups -OCH3 is 5. The van der Waals surface area contributed by atoms with Crippen molar-refractivity contribution in [1.29, 1.82) is 0 Å². The Labute approximate surface area is 169 Å². The van der Waals surface area contributed by atoms with Crippen LogP contribution in [0.5, 0.6) is 23.0 Å². The molecule has 2 aromatic rings. The van der Waals surface area contributed by atoms with E-state index in [-0.39, 0.29) is 23.6 Å². The summed E-state index contributed by atoms with van der Waals surface area (Å²) >= 11 is 0. The molecule has 1 N–H and O–H groups in total. The van der Waals surface area contributed by atoms with Gasteiger partial charge in [-0.05, 0) is 24.1 Å². The Balaban J connectivity index is 2.19. The summed E-state index contributed by atoms with van der Waals surface area (Å²) in [5, 5.41) is 2.74. The first-order valence-electron chi connectivity index (χ1n) is 8.81. The van der Waals surface area contributed by atoms with E-state index >= 15 is 0 Å². The van der Waals surface area contributed by atoms with Gasteiger partial charge in [0.25, 0.3) is 0 Å². The number of nitrogens with one attached hydrogen (secondary N) is 1. The van der Waals surface area contributed by atoms with Crippen LogP contribution in [0.25, 0.3) is 0 Å². The first-order valence-corrected chi connectivity index (χ1v) is 8.81. The number of esters is 1.